The second kappa shape index (κ2) is 4.33. The molecule has 1 aliphatic rings. The zero-order valence-corrected chi connectivity index (χ0v) is 10.1. The highest BCUT2D eigenvalue weighted by Gasteiger charge is 2.33. The molecule has 92 valence electrons. The maximum absolute atomic E-state index is 11.8. The quantitative estimate of drug-likeness (QED) is 0.824. The molecule has 1 aromatic heterocycles. The van der Waals surface area contributed by atoms with Crippen molar-refractivity contribution in [1.82, 2.24) is 4.98 Å². The highest BCUT2D eigenvalue weighted by atomic mass is 16.5. The van der Waals surface area contributed by atoms with Gasteiger partial charge in [0.05, 0.1) is 0 Å². The van der Waals surface area contributed by atoms with Crippen LogP contribution in [0.3, 0.4) is 0 Å². The third kappa shape index (κ3) is 2.55. The van der Waals surface area contributed by atoms with Gasteiger partial charge >= 0.3 is 0 Å². The van der Waals surface area contributed by atoms with Crippen molar-refractivity contribution >= 4 is 11.7 Å². The molecule has 2 rings (SSSR count). The van der Waals surface area contributed by atoms with Gasteiger partial charge in [-0.15, -0.1) is 0 Å². The van der Waals surface area contributed by atoms with Crippen LogP contribution < -0.4 is 15.8 Å². The Kier molecular flexibility index (Phi) is 3.02. The number of fused-ring (bicyclic) bond motifs is 1. The molecule has 5 nitrogen and oxygen atoms in total. The molecule has 1 aliphatic heterocycles. The van der Waals surface area contributed by atoms with E-state index in [2.05, 4.69) is 10.3 Å². The van der Waals surface area contributed by atoms with Gasteiger partial charge in [-0.05, 0) is 30.5 Å². The van der Waals surface area contributed by atoms with Crippen LogP contribution in [-0.4, -0.2) is 23.5 Å². The van der Waals surface area contributed by atoms with Crippen LogP contribution in [0, 0.1) is 5.41 Å². The van der Waals surface area contributed by atoms with Crippen molar-refractivity contribution in [3.63, 3.8) is 0 Å². The van der Waals surface area contributed by atoms with Crippen molar-refractivity contribution in [1.29, 1.82) is 0 Å². The molecule has 1 atom stereocenters. The summed E-state index contributed by atoms with van der Waals surface area (Å²) in [5.41, 5.74) is 5.54. The van der Waals surface area contributed by atoms with Gasteiger partial charge in [-0.1, -0.05) is 13.8 Å². The Morgan fingerprint density at radius 3 is 3.06 bits per heavy atom. The van der Waals surface area contributed by atoms with Crippen molar-refractivity contribution in [2.75, 3.05) is 11.9 Å². The molecule has 0 saturated carbocycles. The van der Waals surface area contributed by atoms with Crippen LogP contribution in [0.4, 0.5) is 5.82 Å². The zero-order chi connectivity index (χ0) is 12.5. The van der Waals surface area contributed by atoms with Crippen LogP contribution >= 0.6 is 0 Å². The molecule has 0 aliphatic carbocycles. The molecular weight excluding hydrogens is 218 g/mol. The normalized spacial score (nSPS) is 19.2. The summed E-state index contributed by atoms with van der Waals surface area (Å²) in [4.78, 5) is 15.9. The predicted molar refractivity (Wildman–Crippen MR) is 64.7 cm³/mol. The number of nitrogens with zero attached hydrogens (tertiary/aromatic N) is 1. The minimum atomic E-state index is -0.495. The van der Waals surface area contributed by atoms with E-state index in [1.54, 1.807) is 18.3 Å². The minimum Gasteiger partial charge on any atom is -0.477 e. The molecule has 0 aromatic carbocycles. The SMILES string of the molecule is CC(C)(CN)CC1Oc2cccnc2NC1=O. The van der Waals surface area contributed by atoms with E-state index in [9.17, 15) is 4.79 Å². The lowest BCUT2D eigenvalue weighted by atomic mass is 9.86. The smallest absolute Gasteiger partial charge is 0.266 e. The van der Waals surface area contributed by atoms with Gasteiger partial charge in [-0.2, -0.15) is 0 Å². The molecule has 0 bridgehead atoms. The van der Waals surface area contributed by atoms with E-state index in [0.717, 1.165) is 0 Å². The molecule has 0 saturated heterocycles. The zero-order valence-electron chi connectivity index (χ0n) is 10.1. The van der Waals surface area contributed by atoms with E-state index in [1.165, 1.54) is 0 Å². The molecule has 5 heteroatoms. The summed E-state index contributed by atoms with van der Waals surface area (Å²) in [6.07, 6.45) is 1.71. The average Bonchev–Trinajstić information content (AvgIpc) is 2.30. The molecule has 1 unspecified atom stereocenters. The van der Waals surface area contributed by atoms with Crippen LogP contribution in [0.2, 0.25) is 0 Å². The maximum atomic E-state index is 11.8. The van der Waals surface area contributed by atoms with Crippen molar-refractivity contribution in [2.24, 2.45) is 11.1 Å². The molecule has 0 spiro atoms. The molecule has 1 amide bonds. The van der Waals surface area contributed by atoms with Crippen molar-refractivity contribution in [3.05, 3.63) is 18.3 Å². The Hall–Kier alpha value is -1.62. The number of ether oxygens (including phenoxy) is 1. The Morgan fingerprint density at radius 2 is 2.35 bits per heavy atom. The fourth-order valence-corrected chi connectivity index (χ4v) is 1.70. The number of carbonyl (C=O) groups excluding carboxylic acids is 1. The Balaban J connectivity index is 2.15. The van der Waals surface area contributed by atoms with Crippen LogP contribution in [-0.2, 0) is 4.79 Å². The molecule has 0 fully saturated rings. The second-order valence-corrected chi connectivity index (χ2v) is 5.02. The lowest BCUT2D eigenvalue weighted by Gasteiger charge is -2.31. The fourth-order valence-electron chi connectivity index (χ4n) is 1.70. The summed E-state index contributed by atoms with van der Waals surface area (Å²) >= 11 is 0. The summed E-state index contributed by atoms with van der Waals surface area (Å²) in [5.74, 6) is 0.946. The van der Waals surface area contributed by atoms with Crippen LogP contribution in [0.15, 0.2) is 18.3 Å². The molecule has 17 heavy (non-hydrogen) atoms. The highest BCUT2D eigenvalue weighted by molar-refractivity contribution is 5.96. The van der Waals surface area contributed by atoms with E-state index in [4.69, 9.17) is 10.5 Å². The predicted octanol–water partition coefficient (Wildman–Crippen LogP) is 1.16. The summed E-state index contributed by atoms with van der Waals surface area (Å²) in [5, 5.41) is 2.74. The first-order valence-corrected chi connectivity index (χ1v) is 5.64. The van der Waals surface area contributed by atoms with E-state index in [-0.39, 0.29) is 11.3 Å². The summed E-state index contributed by atoms with van der Waals surface area (Å²) in [6.45, 7) is 4.55. The summed E-state index contributed by atoms with van der Waals surface area (Å²) in [6, 6.07) is 3.58. The first kappa shape index (κ1) is 11.9. The summed E-state index contributed by atoms with van der Waals surface area (Å²) < 4.78 is 5.65. The van der Waals surface area contributed by atoms with Crippen molar-refractivity contribution < 1.29 is 9.53 Å². The third-order valence-corrected chi connectivity index (χ3v) is 2.86. The Bertz CT molecular complexity index is 432. The standard InChI is InChI=1S/C12H17N3O2/c1-12(2,7-13)6-9-11(16)15-10-8(17-9)4-3-5-14-10/h3-5,9H,6-7,13H2,1-2H3,(H,14,15,16). The number of hydrogen-bond donors (Lipinski definition) is 2. The summed E-state index contributed by atoms with van der Waals surface area (Å²) in [7, 11) is 0. The van der Waals surface area contributed by atoms with Crippen molar-refractivity contribution in [2.45, 2.75) is 26.4 Å². The maximum Gasteiger partial charge on any atom is 0.266 e. The van der Waals surface area contributed by atoms with Gasteiger partial charge in [-0.3, -0.25) is 4.79 Å². The first-order valence-electron chi connectivity index (χ1n) is 5.64. The van der Waals surface area contributed by atoms with Gasteiger partial charge in [0.15, 0.2) is 17.7 Å². The number of hydrogen-bond acceptors (Lipinski definition) is 4. The van der Waals surface area contributed by atoms with Crippen LogP contribution in [0.5, 0.6) is 5.75 Å². The van der Waals surface area contributed by atoms with E-state index < -0.39 is 6.10 Å². The van der Waals surface area contributed by atoms with Gasteiger partial charge < -0.3 is 15.8 Å². The van der Waals surface area contributed by atoms with Gasteiger partial charge in [-0.25, -0.2) is 4.98 Å². The topological polar surface area (TPSA) is 77.2 Å². The number of carbonyl (C=O) groups is 1. The number of rotatable bonds is 3. The Labute approximate surface area is 100 Å². The van der Waals surface area contributed by atoms with Crippen molar-refractivity contribution in [3.8, 4) is 5.75 Å². The highest BCUT2D eigenvalue weighted by Crippen LogP contribution is 2.31. The molecule has 3 N–H and O–H groups in total. The fraction of sp³-hybridized carbons (Fsp3) is 0.500. The monoisotopic (exact) mass is 235 g/mol. The van der Waals surface area contributed by atoms with Crippen LogP contribution in [0.25, 0.3) is 0 Å². The van der Waals surface area contributed by atoms with Gasteiger partial charge in [0, 0.05) is 6.20 Å². The minimum absolute atomic E-state index is 0.123. The van der Waals surface area contributed by atoms with E-state index in [1.807, 2.05) is 13.8 Å². The average molecular weight is 235 g/mol. The van der Waals surface area contributed by atoms with Crippen LogP contribution in [0.1, 0.15) is 20.3 Å². The van der Waals surface area contributed by atoms with E-state index in [0.29, 0.717) is 24.5 Å². The number of nitrogens with one attached hydrogen (secondary N) is 1. The van der Waals surface area contributed by atoms with Gasteiger partial charge in [0.2, 0.25) is 0 Å². The molecule has 1 aromatic rings. The lowest BCUT2D eigenvalue weighted by molar-refractivity contribution is -0.124. The molecule has 2 heterocycles. The van der Waals surface area contributed by atoms with Gasteiger partial charge in [0.1, 0.15) is 0 Å². The first-order chi connectivity index (χ1) is 8.02. The largest absolute Gasteiger partial charge is 0.477 e. The number of anilines is 1. The molecular formula is C12H17N3O2. The second-order valence-electron chi connectivity index (χ2n) is 5.02. The Morgan fingerprint density at radius 1 is 1.59 bits per heavy atom. The van der Waals surface area contributed by atoms with Gasteiger partial charge in [0.25, 0.3) is 5.91 Å². The van der Waals surface area contributed by atoms with E-state index >= 15 is 0 Å². The lowest BCUT2D eigenvalue weighted by Crippen LogP contribution is -2.42. The number of aromatic nitrogens is 1. The number of amides is 1. The molecule has 0 radical (unpaired) electrons. The third-order valence-electron chi connectivity index (χ3n) is 2.86. The number of nitrogens with two attached hydrogens (primary N) is 1. The number of pyridine rings is 1.